The molecule has 16 heavy (non-hydrogen) atoms. The second kappa shape index (κ2) is 6.12. The summed E-state index contributed by atoms with van der Waals surface area (Å²) in [6, 6.07) is 6.64. The molecule has 3 heteroatoms. The number of hydrogen-bond acceptors (Lipinski definition) is 2. The molecule has 1 aromatic carbocycles. The molecule has 0 bridgehead atoms. The van der Waals surface area contributed by atoms with Crippen LogP contribution in [-0.4, -0.2) is 20.1 Å². The highest BCUT2D eigenvalue weighted by molar-refractivity contribution is 6.33. The third-order valence-corrected chi connectivity index (χ3v) is 3.31. The quantitative estimate of drug-likeness (QED) is 0.848. The van der Waals surface area contributed by atoms with Gasteiger partial charge in [0, 0.05) is 19.1 Å². The summed E-state index contributed by atoms with van der Waals surface area (Å²) < 4.78 is 0. The van der Waals surface area contributed by atoms with E-state index in [2.05, 4.69) is 49.2 Å². The number of nitrogens with zero attached hydrogens (tertiary/aromatic N) is 1. The first-order chi connectivity index (χ1) is 7.63. The van der Waals surface area contributed by atoms with Crippen LogP contribution < -0.4 is 10.2 Å². The molecular weight excluding hydrogens is 220 g/mol. The van der Waals surface area contributed by atoms with E-state index in [-0.39, 0.29) is 0 Å². The van der Waals surface area contributed by atoms with Gasteiger partial charge in [-0.15, -0.1) is 0 Å². The van der Waals surface area contributed by atoms with Crippen molar-refractivity contribution >= 4 is 17.3 Å². The van der Waals surface area contributed by atoms with Crippen LogP contribution in [0.3, 0.4) is 0 Å². The number of anilines is 1. The smallest absolute Gasteiger partial charge is 0.0642 e. The molecule has 0 aliphatic heterocycles. The van der Waals surface area contributed by atoms with E-state index < -0.39 is 0 Å². The second-order valence-corrected chi connectivity index (χ2v) is 4.30. The van der Waals surface area contributed by atoms with Crippen LogP contribution in [0.4, 0.5) is 5.69 Å². The van der Waals surface area contributed by atoms with Gasteiger partial charge in [0.25, 0.3) is 0 Å². The fourth-order valence-corrected chi connectivity index (χ4v) is 2.09. The molecule has 0 radical (unpaired) electrons. The molecule has 0 heterocycles. The summed E-state index contributed by atoms with van der Waals surface area (Å²) in [4.78, 5) is 2.26. The minimum Gasteiger partial charge on any atom is -0.371 e. The largest absolute Gasteiger partial charge is 0.371 e. The number of benzene rings is 1. The predicted molar refractivity (Wildman–Crippen MR) is 72.5 cm³/mol. The van der Waals surface area contributed by atoms with Gasteiger partial charge in [0.2, 0.25) is 0 Å². The van der Waals surface area contributed by atoms with Gasteiger partial charge in [-0.1, -0.05) is 17.7 Å². The van der Waals surface area contributed by atoms with Gasteiger partial charge in [-0.05, 0) is 45.5 Å². The molecule has 1 N–H and O–H groups in total. The lowest BCUT2D eigenvalue weighted by Gasteiger charge is -2.23. The van der Waals surface area contributed by atoms with Gasteiger partial charge >= 0.3 is 0 Å². The molecule has 1 aromatic rings. The summed E-state index contributed by atoms with van der Waals surface area (Å²) in [6.07, 6.45) is 0. The van der Waals surface area contributed by atoms with E-state index in [0.717, 1.165) is 23.8 Å². The minimum atomic E-state index is 0.336. The van der Waals surface area contributed by atoms with Gasteiger partial charge in [-0.25, -0.2) is 0 Å². The maximum absolute atomic E-state index is 6.31. The summed E-state index contributed by atoms with van der Waals surface area (Å²) in [7, 11) is 1.96. The van der Waals surface area contributed by atoms with E-state index in [4.69, 9.17) is 11.6 Å². The Kier molecular flexibility index (Phi) is 5.10. The van der Waals surface area contributed by atoms with Crippen molar-refractivity contribution in [3.8, 4) is 0 Å². The molecule has 0 fully saturated rings. The Morgan fingerprint density at radius 1 is 1.31 bits per heavy atom. The van der Waals surface area contributed by atoms with E-state index in [1.807, 2.05) is 7.05 Å². The van der Waals surface area contributed by atoms with Crippen LogP contribution in [0.15, 0.2) is 18.2 Å². The zero-order chi connectivity index (χ0) is 12.1. The molecule has 0 aliphatic carbocycles. The average Bonchev–Trinajstić information content (AvgIpc) is 2.31. The van der Waals surface area contributed by atoms with Crippen molar-refractivity contribution in [2.75, 3.05) is 25.0 Å². The molecule has 90 valence electrons. The summed E-state index contributed by atoms with van der Waals surface area (Å²) >= 11 is 6.31. The number of halogens is 1. The van der Waals surface area contributed by atoms with Crippen molar-refractivity contribution < 1.29 is 0 Å². The molecule has 1 rings (SSSR count). The lowest BCUT2D eigenvalue weighted by molar-refractivity contribution is 0.652. The molecular formula is C13H21ClN2. The van der Waals surface area contributed by atoms with Gasteiger partial charge in [-0.3, -0.25) is 0 Å². The van der Waals surface area contributed by atoms with Crippen LogP contribution in [0.5, 0.6) is 0 Å². The van der Waals surface area contributed by atoms with Crippen molar-refractivity contribution in [3.05, 3.63) is 28.8 Å². The van der Waals surface area contributed by atoms with Crippen molar-refractivity contribution in [1.29, 1.82) is 0 Å². The number of nitrogens with one attached hydrogen (secondary N) is 1. The molecule has 0 aliphatic rings. The molecule has 0 amide bonds. The maximum Gasteiger partial charge on any atom is 0.0642 e. The highest BCUT2D eigenvalue weighted by atomic mass is 35.5. The van der Waals surface area contributed by atoms with Crippen LogP contribution in [0.2, 0.25) is 5.02 Å². The normalized spacial score (nSPS) is 12.6. The van der Waals surface area contributed by atoms with Gasteiger partial charge in [-0.2, -0.15) is 0 Å². The monoisotopic (exact) mass is 240 g/mol. The summed E-state index contributed by atoms with van der Waals surface area (Å²) in [5.41, 5.74) is 2.35. The second-order valence-electron chi connectivity index (χ2n) is 3.89. The van der Waals surface area contributed by atoms with Gasteiger partial charge in [0.15, 0.2) is 0 Å². The van der Waals surface area contributed by atoms with E-state index >= 15 is 0 Å². The van der Waals surface area contributed by atoms with Crippen LogP contribution in [-0.2, 0) is 0 Å². The van der Waals surface area contributed by atoms with Crippen LogP contribution in [0, 0.1) is 0 Å². The molecule has 0 saturated heterocycles. The standard InChI is InChI=1S/C13H21ClN2/c1-5-16(6-2)13-8-7-11(9-12(13)14)10(3)15-4/h7-10,15H,5-6H2,1-4H3. The average molecular weight is 241 g/mol. The Hall–Kier alpha value is -0.730. The lowest BCUT2D eigenvalue weighted by atomic mass is 10.1. The maximum atomic E-state index is 6.31. The van der Waals surface area contributed by atoms with E-state index in [1.54, 1.807) is 0 Å². The number of hydrogen-bond donors (Lipinski definition) is 1. The molecule has 0 aromatic heterocycles. The summed E-state index contributed by atoms with van der Waals surface area (Å²) in [5, 5.41) is 4.05. The summed E-state index contributed by atoms with van der Waals surface area (Å²) in [5.74, 6) is 0. The molecule has 2 nitrogen and oxygen atoms in total. The first-order valence-corrected chi connectivity index (χ1v) is 6.23. The van der Waals surface area contributed by atoms with E-state index in [0.29, 0.717) is 6.04 Å². The fourth-order valence-electron chi connectivity index (χ4n) is 1.78. The zero-order valence-electron chi connectivity index (χ0n) is 10.5. The topological polar surface area (TPSA) is 15.3 Å². The molecule has 1 unspecified atom stereocenters. The van der Waals surface area contributed by atoms with E-state index in [1.165, 1.54) is 5.56 Å². The Morgan fingerprint density at radius 3 is 2.38 bits per heavy atom. The first-order valence-electron chi connectivity index (χ1n) is 5.85. The third kappa shape index (κ3) is 2.89. The highest BCUT2D eigenvalue weighted by Gasteiger charge is 2.09. The Bertz CT molecular complexity index is 335. The van der Waals surface area contributed by atoms with Crippen molar-refractivity contribution in [2.45, 2.75) is 26.8 Å². The highest BCUT2D eigenvalue weighted by Crippen LogP contribution is 2.28. The molecule has 0 saturated carbocycles. The zero-order valence-corrected chi connectivity index (χ0v) is 11.3. The number of rotatable bonds is 5. The van der Waals surface area contributed by atoms with Gasteiger partial charge in [0.1, 0.15) is 0 Å². The van der Waals surface area contributed by atoms with E-state index in [9.17, 15) is 0 Å². The molecule has 0 spiro atoms. The Balaban J connectivity index is 2.99. The molecule has 1 atom stereocenters. The van der Waals surface area contributed by atoms with Gasteiger partial charge in [0.05, 0.1) is 10.7 Å². The Morgan fingerprint density at radius 2 is 1.94 bits per heavy atom. The SMILES string of the molecule is CCN(CC)c1ccc(C(C)NC)cc1Cl. The van der Waals surface area contributed by atoms with Gasteiger partial charge < -0.3 is 10.2 Å². The van der Waals surface area contributed by atoms with Crippen LogP contribution in [0.1, 0.15) is 32.4 Å². The predicted octanol–water partition coefficient (Wildman–Crippen LogP) is 3.47. The lowest BCUT2D eigenvalue weighted by Crippen LogP contribution is -2.22. The van der Waals surface area contributed by atoms with Crippen LogP contribution in [0.25, 0.3) is 0 Å². The fraction of sp³-hybridized carbons (Fsp3) is 0.538. The minimum absolute atomic E-state index is 0.336. The Labute approximate surface area is 104 Å². The van der Waals surface area contributed by atoms with Crippen molar-refractivity contribution in [3.63, 3.8) is 0 Å². The van der Waals surface area contributed by atoms with Crippen LogP contribution >= 0.6 is 11.6 Å². The third-order valence-electron chi connectivity index (χ3n) is 3.01. The van der Waals surface area contributed by atoms with Crippen molar-refractivity contribution in [1.82, 2.24) is 5.32 Å². The van der Waals surface area contributed by atoms with Crippen molar-refractivity contribution in [2.24, 2.45) is 0 Å². The first kappa shape index (κ1) is 13.3. The summed E-state index contributed by atoms with van der Waals surface area (Å²) in [6.45, 7) is 8.38.